The summed E-state index contributed by atoms with van der Waals surface area (Å²) >= 11 is 12.4. The van der Waals surface area contributed by atoms with Crippen LogP contribution in [0, 0.1) is 0 Å². The highest BCUT2D eigenvalue weighted by molar-refractivity contribution is 6.33. The molecule has 132 valence electrons. The summed E-state index contributed by atoms with van der Waals surface area (Å²) in [5.41, 5.74) is 2.13. The largest absolute Gasteiger partial charge is 0.385 e. The molecular weight excluding hydrogens is 359 g/mol. The number of aliphatic hydroxyl groups is 1. The van der Waals surface area contributed by atoms with Crippen molar-refractivity contribution in [3.05, 3.63) is 46.4 Å². The van der Waals surface area contributed by atoms with Crippen molar-refractivity contribution >= 4 is 45.0 Å². The van der Waals surface area contributed by atoms with Gasteiger partial charge in [0.2, 0.25) is 0 Å². The number of halogens is 2. The quantitative estimate of drug-likeness (QED) is 0.730. The van der Waals surface area contributed by atoms with Crippen molar-refractivity contribution in [1.82, 2.24) is 4.57 Å². The number of quaternary nitrogens is 1. The van der Waals surface area contributed by atoms with Gasteiger partial charge in [-0.2, -0.15) is 0 Å². The summed E-state index contributed by atoms with van der Waals surface area (Å²) in [6, 6.07) is 11.7. The fraction of sp³-hybridized carbons (Fsp3) is 0.368. The van der Waals surface area contributed by atoms with Gasteiger partial charge in [0.15, 0.2) is 0 Å². The van der Waals surface area contributed by atoms with Gasteiger partial charge < -0.3 is 19.3 Å². The molecule has 6 heteroatoms. The number of benzene rings is 2. The molecule has 25 heavy (non-hydrogen) atoms. The number of hydrogen-bond donors (Lipinski definition) is 2. The van der Waals surface area contributed by atoms with E-state index in [1.165, 1.54) is 4.90 Å². The van der Waals surface area contributed by atoms with Gasteiger partial charge in [-0.1, -0.05) is 23.2 Å². The van der Waals surface area contributed by atoms with Crippen molar-refractivity contribution in [2.45, 2.75) is 12.6 Å². The lowest BCUT2D eigenvalue weighted by Crippen LogP contribution is -3.15. The molecule has 2 aromatic carbocycles. The van der Waals surface area contributed by atoms with Gasteiger partial charge in [-0.05, 0) is 36.4 Å². The highest BCUT2D eigenvalue weighted by atomic mass is 35.5. The SMILES string of the molecule is O[C@H](Cn1c2ccc(Cl)cc2c2cc(Cl)ccc21)C[NH+]1CCOCC1. The molecule has 4 nitrogen and oxygen atoms in total. The maximum Gasteiger partial charge on any atom is 0.121 e. The second-order valence-electron chi connectivity index (χ2n) is 6.65. The predicted molar refractivity (Wildman–Crippen MR) is 102 cm³/mol. The Labute approximate surface area is 156 Å². The van der Waals surface area contributed by atoms with Crippen LogP contribution >= 0.6 is 23.2 Å². The van der Waals surface area contributed by atoms with Crippen molar-refractivity contribution in [3.8, 4) is 0 Å². The summed E-state index contributed by atoms with van der Waals surface area (Å²) < 4.78 is 7.56. The number of morpholine rings is 1. The van der Waals surface area contributed by atoms with E-state index < -0.39 is 6.10 Å². The standard InChI is InChI=1S/C19H20Cl2N2O2/c20-13-1-3-18-16(9-13)17-10-14(21)2-4-19(17)23(18)12-15(24)11-22-5-7-25-8-6-22/h1-4,9-10,15,24H,5-8,11-12H2/p+1/t15-/m0/s1. The number of aliphatic hydroxyl groups excluding tert-OH is 1. The van der Waals surface area contributed by atoms with Crippen LogP contribution in [0.1, 0.15) is 0 Å². The Balaban J connectivity index is 1.69. The fourth-order valence-corrected chi connectivity index (χ4v) is 4.06. The van der Waals surface area contributed by atoms with Gasteiger partial charge in [-0.3, -0.25) is 0 Å². The third-order valence-electron chi connectivity index (χ3n) is 4.91. The van der Waals surface area contributed by atoms with Gasteiger partial charge in [0, 0.05) is 31.9 Å². The molecule has 1 aliphatic rings. The predicted octanol–water partition coefficient (Wildman–Crippen LogP) is 2.38. The first-order valence-corrected chi connectivity index (χ1v) is 9.34. The van der Waals surface area contributed by atoms with E-state index in [4.69, 9.17) is 27.9 Å². The molecule has 3 aromatic rings. The Morgan fingerprint density at radius 1 is 1.00 bits per heavy atom. The lowest BCUT2D eigenvalue weighted by molar-refractivity contribution is -0.911. The lowest BCUT2D eigenvalue weighted by Gasteiger charge is -2.26. The number of rotatable bonds is 4. The summed E-state index contributed by atoms with van der Waals surface area (Å²) in [6.45, 7) is 4.73. The number of nitrogens with zero attached hydrogens (tertiary/aromatic N) is 1. The minimum atomic E-state index is -0.418. The summed E-state index contributed by atoms with van der Waals surface area (Å²) in [5.74, 6) is 0. The average molecular weight is 380 g/mol. The van der Waals surface area contributed by atoms with E-state index in [2.05, 4.69) is 4.57 Å². The van der Waals surface area contributed by atoms with Crippen LogP contribution in [-0.4, -0.2) is 48.6 Å². The normalized spacial score (nSPS) is 17.4. The van der Waals surface area contributed by atoms with E-state index in [1.54, 1.807) is 0 Å². The summed E-state index contributed by atoms with van der Waals surface area (Å²) in [7, 11) is 0. The van der Waals surface area contributed by atoms with Crippen molar-refractivity contribution < 1.29 is 14.7 Å². The van der Waals surface area contributed by atoms with Crippen molar-refractivity contribution in [2.24, 2.45) is 0 Å². The molecule has 0 bridgehead atoms. The number of hydrogen-bond acceptors (Lipinski definition) is 2. The maximum absolute atomic E-state index is 10.7. The van der Waals surface area contributed by atoms with E-state index in [9.17, 15) is 5.11 Å². The highest BCUT2D eigenvalue weighted by Gasteiger charge is 2.20. The molecule has 0 unspecified atom stereocenters. The molecule has 0 amide bonds. The van der Waals surface area contributed by atoms with Gasteiger partial charge in [0.25, 0.3) is 0 Å². The minimum absolute atomic E-state index is 0.418. The van der Waals surface area contributed by atoms with E-state index in [1.807, 2.05) is 36.4 Å². The summed E-state index contributed by atoms with van der Waals surface area (Å²) in [4.78, 5) is 1.39. The molecule has 0 aliphatic carbocycles. The van der Waals surface area contributed by atoms with Gasteiger partial charge in [-0.25, -0.2) is 0 Å². The average Bonchev–Trinajstić information content (AvgIpc) is 2.88. The van der Waals surface area contributed by atoms with Gasteiger partial charge in [0.1, 0.15) is 25.7 Å². The monoisotopic (exact) mass is 379 g/mol. The Kier molecular flexibility index (Phi) is 4.89. The second kappa shape index (κ2) is 7.14. The van der Waals surface area contributed by atoms with Crippen LogP contribution in [0.3, 0.4) is 0 Å². The van der Waals surface area contributed by atoms with Crippen LogP contribution in [0.5, 0.6) is 0 Å². The summed E-state index contributed by atoms with van der Waals surface area (Å²) in [5, 5.41) is 14.2. The maximum atomic E-state index is 10.7. The molecule has 2 N–H and O–H groups in total. The Hall–Kier alpha value is -1.30. The zero-order valence-electron chi connectivity index (χ0n) is 13.8. The number of nitrogens with one attached hydrogen (secondary N) is 1. The molecule has 0 spiro atoms. The first-order chi connectivity index (χ1) is 12.1. The third-order valence-corrected chi connectivity index (χ3v) is 5.38. The van der Waals surface area contributed by atoms with Crippen LogP contribution in [0.25, 0.3) is 21.8 Å². The topological polar surface area (TPSA) is 38.8 Å². The third kappa shape index (κ3) is 3.50. The van der Waals surface area contributed by atoms with E-state index >= 15 is 0 Å². The Morgan fingerprint density at radius 2 is 1.56 bits per heavy atom. The van der Waals surface area contributed by atoms with Crippen LogP contribution in [-0.2, 0) is 11.3 Å². The van der Waals surface area contributed by atoms with E-state index in [0.29, 0.717) is 16.6 Å². The molecule has 2 heterocycles. The Morgan fingerprint density at radius 3 is 2.12 bits per heavy atom. The number of ether oxygens (including phenoxy) is 1. The highest BCUT2D eigenvalue weighted by Crippen LogP contribution is 2.32. The van der Waals surface area contributed by atoms with Crippen molar-refractivity contribution in [3.63, 3.8) is 0 Å². The fourth-order valence-electron chi connectivity index (χ4n) is 3.72. The van der Waals surface area contributed by atoms with Crippen LogP contribution in [0.4, 0.5) is 0 Å². The number of fused-ring (bicyclic) bond motifs is 3. The number of aromatic nitrogens is 1. The first kappa shape index (κ1) is 17.1. The van der Waals surface area contributed by atoms with E-state index in [-0.39, 0.29) is 0 Å². The molecule has 0 radical (unpaired) electrons. The molecule has 4 rings (SSSR count). The van der Waals surface area contributed by atoms with Crippen molar-refractivity contribution in [2.75, 3.05) is 32.8 Å². The zero-order valence-corrected chi connectivity index (χ0v) is 15.4. The molecule has 1 saturated heterocycles. The molecule has 1 aliphatic heterocycles. The lowest BCUT2D eigenvalue weighted by atomic mass is 10.1. The van der Waals surface area contributed by atoms with Gasteiger partial charge in [-0.15, -0.1) is 0 Å². The second-order valence-corrected chi connectivity index (χ2v) is 7.53. The molecule has 1 atom stereocenters. The van der Waals surface area contributed by atoms with Gasteiger partial charge in [0.05, 0.1) is 19.8 Å². The molecule has 1 aromatic heterocycles. The van der Waals surface area contributed by atoms with Crippen LogP contribution < -0.4 is 4.90 Å². The zero-order chi connectivity index (χ0) is 17.4. The molecule has 0 saturated carbocycles. The molecular formula is C19H21Cl2N2O2+. The van der Waals surface area contributed by atoms with Crippen molar-refractivity contribution in [1.29, 1.82) is 0 Å². The Bertz CT molecular complexity index is 844. The molecule has 1 fully saturated rings. The first-order valence-electron chi connectivity index (χ1n) is 8.58. The van der Waals surface area contributed by atoms with Gasteiger partial charge >= 0.3 is 0 Å². The van der Waals surface area contributed by atoms with Crippen LogP contribution in [0.2, 0.25) is 10.0 Å². The smallest absolute Gasteiger partial charge is 0.121 e. The van der Waals surface area contributed by atoms with E-state index in [0.717, 1.165) is 54.7 Å². The van der Waals surface area contributed by atoms with Crippen LogP contribution in [0.15, 0.2) is 36.4 Å². The summed E-state index contributed by atoms with van der Waals surface area (Å²) in [6.07, 6.45) is -0.418. The minimum Gasteiger partial charge on any atom is -0.385 e.